The lowest BCUT2D eigenvalue weighted by Crippen LogP contribution is -2.35. The van der Waals surface area contributed by atoms with Crippen molar-refractivity contribution in [1.29, 1.82) is 0 Å². The fourth-order valence-corrected chi connectivity index (χ4v) is 2.33. The van der Waals surface area contributed by atoms with Crippen LogP contribution >= 0.6 is 0 Å². The summed E-state index contributed by atoms with van der Waals surface area (Å²) in [5.74, 6) is 0.564. The van der Waals surface area contributed by atoms with E-state index in [1.165, 1.54) is 29.9 Å². The van der Waals surface area contributed by atoms with Gasteiger partial charge in [0.05, 0.1) is 11.4 Å². The standard InChI is InChI=1S/C14H22N2/c1-10(2)12-8-14-13(15-9-12)6-5-7-16(14)11(3)4/h8-11H,5-7H2,1-4H3. The zero-order valence-electron chi connectivity index (χ0n) is 10.8. The normalized spacial score (nSPS) is 15.8. The Morgan fingerprint density at radius 2 is 2.00 bits per heavy atom. The molecule has 1 aromatic heterocycles. The Bertz CT molecular complexity index is 369. The highest BCUT2D eigenvalue weighted by Gasteiger charge is 2.20. The van der Waals surface area contributed by atoms with E-state index in [1.807, 2.05) is 6.20 Å². The van der Waals surface area contributed by atoms with Crippen molar-refractivity contribution in [2.75, 3.05) is 11.4 Å². The van der Waals surface area contributed by atoms with E-state index in [0.717, 1.165) is 6.42 Å². The molecule has 2 nitrogen and oxygen atoms in total. The highest BCUT2D eigenvalue weighted by molar-refractivity contribution is 5.55. The van der Waals surface area contributed by atoms with E-state index in [1.54, 1.807) is 0 Å². The SMILES string of the molecule is CC(C)c1cnc2c(c1)N(C(C)C)CCC2. The summed E-state index contributed by atoms with van der Waals surface area (Å²) in [4.78, 5) is 7.12. The van der Waals surface area contributed by atoms with Gasteiger partial charge in [-0.3, -0.25) is 4.98 Å². The molecule has 0 unspecified atom stereocenters. The molecule has 0 aliphatic carbocycles. The van der Waals surface area contributed by atoms with Crippen molar-refractivity contribution in [3.8, 4) is 0 Å². The van der Waals surface area contributed by atoms with Gasteiger partial charge in [-0.25, -0.2) is 0 Å². The van der Waals surface area contributed by atoms with Crippen molar-refractivity contribution in [2.24, 2.45) is 0 Å². The second-order valence-electron chi connectivity index (χ2n) is 5.28. The number of fused-ring (bicyclic) bond motifs is 1. The maximum atomic E-state index is 4.63. The Morgan fingerprint density at radius 3 is 2.62 bits per heavy atom. The summed E-state index contributed by atoms with van der Waals surface area (Å²) < 4.78 is 0. The highest BCUT2D eigenvalue weighted by atomic mass is 15.2. The summed E-state index contributed by atoms with van der Waals surface area (Å²) >= 11 is 0. The minimum absolute atomic E-state index is 0.564. The van der Waals surface area contributed by atoms with E-state index in [-0.39, 0.29) is 0 Å². The summed E-state index contributed by atoms with van der Waals surface area (Å²) in [5, 5.41) is 0. The lowest BCUT2D eigenvalue weighted by atomic mass is 10.00. The smallest absolute Gasteiger partial charge is 0.0637 e. The van der Waals surface area contributed by atoms with E-state index in [9.17, 15) is 0 Å². The van der Waals surface area contributed by atoms with Crippen LogP contribution in [0.2, 0.25) is 0 Å². The Labute approximate surface area is 98.7 Å². The number of aryl methyl sites for hydroxylation is 1. The molecule has 2 heteroatoms. The van der Waals surface area contributed by atoms with Gasteiger partial charge in [0, 0.05) is 18.8 Å². The first-order valence-corrected chi connectivity index (χ1v) is 6.35. The van der Waals surface area contributed by atoms with Gasteiger partial charge in [0.25, 0.3) is 0 Å². The van der Waals surface area contributed by atoms with Crippen LogP contribution in [0.25, 0.3) is 0 Å². The third kappa shape index (κ3) is 2.06. The van der Waals surface area contributed by atoms with Crippen LogP contribution < -0.4 is 4.90 Å². The zero-order chi connectivity index (χ0) is 11.7. The predicted molar refractivity (Wildman–Crippen MR) is 69.1 cm³/mol. The number of aromatic nitrogens is 1. The van der Waals surface area contributed by atoms with Crippen LogP contribution in [0, 0.1) is 0 Å². The molecule has 1 aliphatic rings. The monoisotopic (exact) mass is 218 g/mol. The molecule has 0 N–H and O–H groups in total. The number of nitrogens with zero attached hydrogens (tertiary/aromatic N) is 2. The van der Waals surface area contributed by atoms with Gasteiger partial charge in [-0.1, -0.05) is 13.8 Å². The molecule has 0 aromatic carbocycles. The average Bonchev–Trinajstić information content (AvgIpc) is 2.27. The van der Waals surface area contributed by atoms with Gasteiger partial charge in [0.15, 0.2) is 0 Å². The van der Waals surface area contributed by atoms with Gasteiger partial charge in [0.2, 0.25) is 0 Å². The minimum Gasteiger partial charge on any atom is -0.368 e. The molecule has 0 atom stereocenters. The molecule has 1 aliphatic heterocycles. The summed E-state index contributed by atoms with van der Waals surface area (Å²) in [6, 6.07) is 2.91. The number of anilines is 1. The van der Waals surface area contributed by atoms with Crippen LogP contribution in [0.5, 0.6) is 0 Å². The quantitative estimate of drug-likeness (QED) is 0.756. The number of hydrogen-bond donors (Lipinski definition) is 0. The predicted octanol–water partition coefficient (Wildman–Crippen LogP) is 3.37. The summed E-state index contributed by atoms with van der Waals surface area (Å²) in [7, 11) is 0. The highest BCUT2D eigenvalue weighted by Crippen LogP contribution is 2.29. The minimum atomic E-state index is 0.564. The lowest BCUT2D eigenvalue weighted by molar-refractivity contribution is 0.615. The summed E-state index contributed by atoms with van der Waals surface area (Å²) in [5.41, 5.74) is 4.00. The largest absolute Gasteiger partial charge is 0.368 e. The van der Waals surface area contributed by atoms with E-state index in [0.29, 0.717) is 12.0 Å². The first kappa shape index (κ1) is 11.4. The van der Waals surface area contributed by atoms with E-state index in [2.05, 4.69) is 43.6 Å². The molecular weight excluding hydrogens is 196 g/mol. The molecule has 16 heavy (non-hydrogen) atoms. The van der Waals surface area contributed by atoms with Gasteiger partial charge in [-0.2, -0.15) is 0 Å². The molecule has 88 valence electrons. The molecule has 0 bridgehead atoms. The second-order valence-corrected chi connectivity index (χ2v) is 5.28. The van der Waals surface area contributed by atoms with Crippen molar-refractivity contribution in [3.63, 3.8) is 0 Å². The number of hydrogen-bond acceptors (Lipinski definition) is 2. The fourth-order valence-electron chi connectivity index (χ4n) is 2.33. The van der Waals surface area contributed by atoms with Crippen molar-refractivity contribution in [3.05, 3.63) is 23.5 Å². The maximum absolute atomic E-state index is 4.63. The van der Waals surface area contributed by atoms with Crippen LogP contribution in [0.1, 0.15) is 51.3 Å². The molecule has 0 fully saturated rings. The molecule has 2 rings (SSSR count). The Morgan fingerprint density at radius 1 is 1.25 bits per heavy atom. The van der Waals surface area contributed by atoms with Crippen molar-refractivity contribution in [2.45, 2.75) is 52.5 Å². The molecule has 2 heterocycles. The van der Waals surface area contributed by atoms with E-state index >= 15 is 0 Å². The first-order chi connectivity index (χ1) is 7.59. The van der Waals surface area contributed by atoms with Crippen molar-refractivity contribution in [1.82, 2.24) is 4.98 Å². The van der Waals surface area contributed by atoms with Gasteiger partial charge in [-0.15, -0.1) is 0 Å². The van der Waals surface area contributed by atoms with E-state index in [4.69, 9.17) is 0 Å². The summed E-state index contributed by atoms with van der Waals surface area (Å²) in [6.07, 6.45) is 4.42. The Hall–Kier alpha value is -1.05. The Kier molecular flexibility index (Phi) is 3.17. The Balaban J connectivity index is 2.40. The first-order valence-electron chi connectivity index (χ1n) is 6.35. The van der Waals surface area contributed by atoms with Crippen LogP contribution in [0.3, 0.4) is 0 Å². The van der Waals surface area contributed by atoms with Crippen LogP contribution in [0.15, 0.2) is 12.3 Å². The molecular formula is C14H22N2. The maximum Gasteiger partial charge on any atom is 0.0637 e. The van der Waals surface area contributed by atoms with E-state index < -0.39 is 0 Å². The topological polar surface area (TPSA) is 16.1 Å². The zero-order valence-corrected chi connectivity index (χ0v) is 10.8. The molecule has 1 aromatic rings. The lowest BCUT2D eigenvalue weighted by Gasteiger charge is -2.34. The molecule has 0 saturated heterocycles. The van der Waals surface area contributed by atoms with Crippen LogP contribution in [-0.4, -0.2) is 17.6 Å². The number of rotatable bonds is 2. The fraction of sp³-hybridized carbons (Fsp3) is 0.643. The third-order valence-corrected chi connectivity index (χ3v) is 3.38. The van der Waals surface area contributed by atoms with Gasteiger partial charge >= 0.3 is 0 Å². The van der Waals surface area contributed by atoms with Gasteiger partial charge in [-0.05, 0) is 44.2 Å². The molecule has 0 saturated carbocycles. The van der Waals surface area contributed by atoms with Crippen LogP contribution in [-0.2, 0) is 6.42 Å². The van der Waals surface area contributed by atoms with Crippen LogP contribution in [0.4, 0.5) is 5.69 Å². The molecule has 0 radical (unpaired) electrons. The van der Waals surface area contributed by atoms with Crippen molar-refractivity contribution < 1.29 is 0 Å². The van der Waals surface area contributed by atoms with Gasteiger partial charge < -0.3 is 4.90 Å². The summed E-state index contributed by atoms with van der Waals surface area (Å²) in [6.45, 7) is 10.2. The number of pyridine rings is 1. The van der Waals surface area contributed by atoms with Gasteiger partial charge in [0.1, 0.15) is 0 Å². The molecule has 0 spiro atoms. The van der Waals surface area contributed by atoms with Crippen molar-refractivity contribution >= 4 is 5.69 Å². The molecule has 0 amide bonds. The second kappa shape index (κ2) is 4.44. The average molecular weight is 218 g/mol. The third-order valence-electron chi connectivity index (χ3n) is 3.38.